The van der Waals surface area contributed by atoms with Crippen LogP contribution in [0.1, 0.15) is 49.3 Å². The van der Waals surface area contributed by atoms with Crippen LogP contribution >= 0.6 is 11.6 Å². The molecule has 7 nitrogen and oxygen atoms in total. The Morgan fingerprint density at radius 2 is 1.45 bits per heavy atom. The first-order valence-electron chi connectivity index (χ1n) is 13.5. The van der Waals surface area contributed by atoms with E-state index in [2.05, 4.69) is 5.32 Å². The van der Waals surface area contributed by atoms with Gasteiger partial charge in [0.2, 0.25) is 11.8 Å². The predicted octanol–water partition coefficient (Wildman–Crippen LogP) is 5.63. The summed E-state index contributed by atoms with van der Waals surface area (Å²) in [6.07, 6.45) is 3.98. The lowest BCUT2D eigenvalue weighted by molar-refractivity contribution is -0.139. The van der Waals surface area contributed by atoms with Crippen molar-refractivity contribution < 1.29 is 18.0 Å². The molecule has 0 radical (unpaired) electrons. The van der Waals surface area contributed by atoms with E-state index < -0.39 is 28.5 Å². The van der Waals surface area contributed by atoms with E-state index in [4.69, 9.17) is 11.6 Å². The van der Waals surface area contributed by atoms with Crippen LogP contribution in [-0.4, -0.2) is 43.8 Å². The molecule has 0 heterocycles. The number of hydrogen-bond donors (Lipinski definition) is 1. The zero-order chi connectivity index (χ0) is 28.9. The van der Waals surface area contributed by atoms with Gasteiger partial charge in [-0.3, -0.25) is 13.9 Å². The maximum atomic E-state index is 14.0. The maximum Gasteiger partial charge on any atom is 0.264 e. The number of halogens is 1. The number of rotatable bonds is 10. The Labute approximate surface area is 242 Å². The molecule has 1 aliphatic carbocycles. The molecule has 0 bridgehead atoms. The van der Waals surface area contributed by atoms with E-state index in [1.54, 1.807) is 43.3 Å². The van der Waals surface area contributed by atoms with Crippen LogP contribution < -0.4 is 9.62 Å². The molecule has 4 rings (SSSR count). The maximum absolute atomic E-state index is 14.0. The van der Waals surface area contributed by atoms with Crippen molar-refractivity contribution in [1.29, 1.82) is 0 Å². The summed E-state index contributed by atoms with van der Waals surface area (Å²) in [5, 5.41) is 3.53. The summed E-state index contributed by atoms with van der Waals surface area (Å²) < 4.78 is 28.8. The molecule has 1 N–H and O–H groups in total. The van der Waals surface area contributed by atoms with Crippen molar-refractivity contribution in [2.75, 3.05) is 10.8 Å². The quantitative estimate of drug-likeness (QED) is 0.336. The fraction of sp³-hybridized carbons (Fsp3) is 0.355. The number of carbonyl (C=O) groups excluding carboxylic acids is 2. The third kappa shape index (κ3) is 7.23. The first-order chi connectivity index (χ1) is 19.0. The molecule has 1 saturated carbocycles. The lowest BCUT2D eigenvalue weighted by Gasteiger charge is -2.32. The highest BCUT2D eigenvalue weighted by atomic mass is 35.5. The second kappa shape index (κ2) is 12.9. The highest BCUT2D eigenvalue weighted by Crippen LogP contribution is 2.26. The van der Waals surface area contributed by atoms with Crippen LogP contribution in [0.3, 0.4) is 0 Å². The van der Waals surface area contributed by atoms with E-state index in [1.807, 2.05) is 38.1 Å². The third-order valence-corrected chi connectivity index (χ3v) is 9.38. The second-order valence-corrected chi connectivity index (χ2v) is 12.8. The standard InChI is InChI=1S/C31H36ClN3O4S/c1-22-8-12-25(13-9-22)20-34(24(3)31(37)33-27-6-4-5-7-27)30(36)21-35(28-16-14-26(32)15-17-28)40(38,39)29-18-10-23(2)11-19-29/h8-19,24,27H,4-7,20-21H2,1-3H3,(H,33,37)/t24-/m0/s1. The Balaban J connectivity index is 1.67. The molecule has 3 aromatic rings. The van der Waals surface area contributed by atoms with Gasteiger partial charge < -0.3 is 10.2 Å². The largest absolute Gasteiger partial charge is 0.352 e. The first-order valence-corrected chi connectivity index (χ1v) is 15.4. The number of nitrogens with one attached hydrogen (secondary N) is 1. The van der Waals surface area contributed by atoms with Crippen LogP contribution in [0.4, 0.5) is 5.69 Å². The van der Waals surface area contributed by atoms with Crippen LogP contribution in [0.2, 0.25) is 5.02 Å². The van der Waals surface area contributed by atoms with Crippen molar-refractivity contribution in [1.82, 2.24) is 10.2 Å². The fourth-order valence-corrected chi connectivity index (χ4v) is 6.38. The number of hydrogen-bond acceptors (Lipinski definition) is 4. The molecule has 9 heteroatoms. The fourth-order valence-electron chi connectivity index (χ4n) is 4.84. The topological polar surface area (TPSA) is 86.8 Å². The Morgan fingerprint density at radius 3 is 2.02 bits per heavy atom. The van der Waals surface area contributed by atoms with E-state index in [0.717, 1.165) is 46.7 Å². The zero-order valence-corrected chi connectivity index (χ0v) is 24.7. The monoisotopic (exact) mass is 581 g/mol. The lowest BCUT2D eigenvalue weighted by atomic mass is 10.1. The summed E-state index contributed by atoms with van der Waals surface area (Å²) in [6, 6.07) is 19.8. The molecule has 0 unspecified atom stereocenters. The van der Waals surface area contributed by atoms with Crippen LogP contribution in [0.5, 0.6) is 0 Å². The molecular weight excluding hydrogens is 546 g/mol. The van der Waals surface area contributed by atoms with Crippen molar-refractivity contribution in [2.45, 2.75) is 70.0 Å². The normalized spacial score (nSPS) is 14.5. The van der Waals surface area contributed by atoms with Gasteiger partial charge in [-0.15, -0.1) is 0 Å². The van der Waals surface area contributed by atoms with Gasteiger partial charge in [-0.05, 0) is 75.6 Å². The van der Waals surface area contributed by atoms with Gasteiger partial charge in [-0.2, -0.15) is 0 Å². The van der Waals surface area contributed by atoms with Gasteiger partial charge in [0.15, 0.2) is 0 Å². The Kier molecular flexibility index (Phi) is 9.53. The summed E-state index contributed by atoms with van der Waals surface area (Å²) >= 11 is 6.08. The minimum atomic E-state index is -4.11. The zero-order valence-electron chi connectivity index (χ0n) is 23.1. The minimum Gasteiger partial charge on any atom is -0.352 e. The van der Waals surface area contributed by atoms with Gasteiger partial charge >= 0.3 is 0 Å². The van der Waals surface area contributed by atoms with Gasteiger partial charge in [0.25, 0.3) is 10.0 Å². The molecule has 0 aliphatic heterocycles. The Hall–Kier alpha value is -3.36. The van der Waals surface area contributed by atoms with Crippen LogP contribution in [0.25, 0.3) is 0 Å². The van der Waals surface area contributed by atoms with Crippen molar-refractivity contribution in [2.24, 2.45) is 0 Å². The van der Waals surface area contributed by atoms with Crippen molar-refractivity contribution in [3.05, 3.63) is 94.5 Å². The van der Waals surface area contributed by atoms with Crippen molar-refractivity contribution in [3.63, 3.8) is 0 Å². The van der Waals surface area contributed by atoms with Gasteiger partial charge in [-0.25, -0.2) is 8.42 Å². The van der Waals surface area contributed by atoms with Gasteiger partial charge in [0.1, 0.15) is 12.6 Å². The number of sulfonamides is 1. The number of anilines is 1. The Bertz CT molecular complexity index is 1420. The average Bonchev–Trinajstić information content (AvgIpc) is 3.44. The second-order valence-electron chi connectivity index (χ2n) is 10.5. The molecule has 1 atom stereocenters. The molecular formula is C31H36ClN3O4S. The van der Waals surface area contributed by atoms with E-state index in [-0.39, 0.29) is 23.4 Å². The Morgan fingerprint density at radius 1 is 0.900 bits per heavy atom. The number of aryl methyl sites for hydroxylation is 2. The van der Waals surface area contributed by atoms with Gasteiger partial charge in [0, 0.05) is 17.6 Å². The number of nitrogens with zero attached hydrogens (tertiary/aromatic N) is 2. The number of carbonyl (C=O) groups is 2. The van der Waals surface area contributed by atoms with E-state index >= 15 is 0 Å². The molecule has 0 aromatic heterocycles. The molecule has 0 saturated heterocycles. The summed E-state index contributed by atoms with van der Waals surface area (Å²) in [6.45, 7) is 5.22. The van der Waals surface area contributed by atoms with Crippen LogP contribution in [0.15, 0.2) is 77.7 Å². The highest BCUT2D eigenvalue weighted by Gasteiger charge is 2.33. The molecule has 2 amide bonds. The highest BCUT2D eigenvalue weighted by molar-refractivity contribution is 7.92. The molecule has 0 spiro atoms. The predicted molar refractivity (Wildman–Crippen MR) is 159 cm³/mol. The van der Waals surface area contributed by atoms with E-state index in [9.17, 15) is 18.0 Å². The lowest BCUT2D eigenvalue weighted by Crippen LogP contribution is -2.52. The van der Waals surface area contributed by atoms with Crippen molar-refractivity contribution in [3.8, 4) is 0 Å². The minimum absolute atomic E-state index is 0.0676. The molecule has 1 aliphatic rings. The van der Waals surface area contributed by atoms with Crippen molar-refractivity contribution >= 4 is 39.1 Å². The summed E-state index contributed by atoms with van der Waals surface area (Å²) in [4.78, 5) is 28.8. The first kappa shape index (κ1) is 29.6. The van der Waals surface area contributed by atoms with Gasteiger partial charge in [-0.1, -0.05) is 72.0 Å². The van der Waals surface area contributed by atoms with Crippen LogP contribution in [-0.2, 0) is 26.2 Å². The number of benzene rings is 3. The SMILES string of the molecule is Cc1ccc(CN(C(=O)CN(c2ccc(Cl)cc2)S(=O)(=O)c2ccc(C)cc2)[C@@H](C)C(=O)NC2CCCC2)cc1. The summed E-state index contributed by atoms with van der Waals surface area (Å²) in [5.41, 5.74) is 3.14. The summed E-state index contributed by atoms with van der Waals surface area (Å²) in [5.74, 6) is -0.730. The molecule has 1 fully saturated rings. The average molecular weight is 582 g/mol. The van der Waals surface area contributed by atoms with Crippen LogP contribution in [0, 0.1) is 13.8 Å². The number of amides is 2. The summed E-state index contributed by atoms with van der Waals surface area (Å²) in [7, 11) is -4.11. The smallest absolute Gasteiger partial charge is 0.264 e. The van der Waals surface area contributed by atoms with E-state index in [0.29, 0.717) is 10.7 Å². The third-order valence-electron chi connectivity index (χ3n) is 7.34. The van der Waals surface area contributed by atoms with E-state index in [1.165, 1.54) is 17.0 Å². The van der Waals surface area contributed by atoms with Gasteiger partial charge in [0.05, 0.1) is 10.6 Å². The molecule has 212 valence electrons. The molecule has 40 heavy (non-hydrogen) atoms. The molecule has 3 aromatic carbocycles.